The molecule has 0 aliphatic rings. The van der Waals surface area contributed by atoms with Crippen LogP contribution in [0.25, 0.3) is 16.8 Å². The van der Waals surface area contributed by atoms with Gasteiger partial charge in [-0.05, 0) is 42.5 Å². The van der Waals surface area contributed by atoms with Crippen LogP contribution in [0.3, 0.4) is 0 Å². The van der Waals surface area contributed by atoms with Gasteiger partial charge < -0.3 is 4.42 Å². The van der Waals surface area contributed by atoms with Gasteiger partial charge in [-0.1, -0.05) is 55.8 Å². The first-order chi connectivity index (χ1) is 15.6. The molecule has 0 amide bonds. The standard InChI is InChI=1S/C27H25N3O2/c1-3-4-10-26-25(27(31)30(19(2)29-26)23-13-14-32-18-23)16-20-11-12-24(22(15-20)17-28)21-8-6-5-7-9-21/h5-9,11-15,18H,3-4,10,16H2,1-2H3. The molecule has 2 aromatic carbocycles. The van der Waals surface area contributed by atoms with E-state index >= 15 is 0 Å². The molecule has 0 bridgehead atoms. The maximum Gasteiger partial charge on any atom is 0.261 e. The van der Waals surface area contributed by atoms with Crippen LogP contribution in [0.15, 0.2) is 76.3 Å². The zero-order valence-corrected chi connectivity index (χ0v) is 18.3. The van der Waals surface area contributed by atoms with Crippen LogP contribution < -0.4 is 5.56 Å². The van der Waals surface area contributed by atoms with Gasteiger partial charge in [0.1, 0.15) is 12.1 Å². The van der Waals surface area contributed by atoms with E-state index in [1.165, 1.54) is 0 Å². The van der Waals surface area contributed by atoms with Gasteiger partial charge in [-0.25, -0.2) is 4.98 Å². The Kier molecular flexibility index (Phi) is 6.32. The molecule has 5 nitrogen and oxygen atoms in total. The molecule has 5 heteroatoms. The fourth-order valence-corrected chi connectivity index (χ4v) is 4.00. The lowest BCUT2D eigenvalue weighted by molar-refractivity contribution is 0.564. The number of unbranched alkanes of at least 4 members (excludes halogenated alkanes) is 1. The van der Waals surface area contributed by atoms with Crippen LogP contribution in [-0.4, -0.2) is 9.55 Å². The number of hydrogen-bond donors (Lipinski definition) is 0. The van der Waals surface area contributed by atoms with Gasteiger partial charge in [0, 0.05) is 18.1 Å². The monoisotopic (exact) mass is 423 g/mol. The number of nitrogens with zero attached hydrogens (tertiary/aromatic N) is 3. The second-order valence-electron chi connectivity index (χ2n) is 7.84. The summed E-state index contributed by atoms with van der Waals surface area (Å²) in [5.41, 5.74) is 5.48. The maximum atomic E-state index is 13.5. The minimum Gasteiger partial charge on any atom is -0.470 e. The average Bonchev–Trinajstić information content (AvgIpc) is 3.34. The number of aromatic nitrogens is 2. The topological polar surface area (TPSA) is 71.8 Å². The Morgan fingerprint density at radius 1 is 1.12 bits per heavy atom. The summed E-state index contributed by atoms with van der Waals surface area (Å²) in [5, 5.41) is 9.76. The van der Waals surface area contributed by atoms with E-state index in [-0.39, 0.29) is 5.56 Å². The lowest BCUT2D eigenvalue weighted by Crippen LogP contribution is -2.28. The highest BCUT2D eigenvalue weighted by atomic mass is 16.3. The number of aryl methyl sites for hydroxylation is 2. The van der Waals surface area contributed by atoms with Crippen molar-refractivity contribution in [2.45, 2.75) is 39.5 Å². The molecular formula is C27H25N3O2. The molecule has 160 valence electrons. The van der Waals surface area contributed by atoms with Crippen molar-refractivity contribution in [1.82, 2.24) is 9.55 Å². The van der Waals surface area contributed by atoms with Gasteiger partial charge in [0.2, 0.25) is 0 Å². The summed E-state index contributed by atoms with van der Waals surface area (Å²) in [6.45, 7) is 3.97. The summed E-state index contributed by atoms with van der Waals surface area (Å²) in [6, 6.07) is 19.8. The Balaban J connectivity index is 1.79. The Morgan fingerprint density at radius 2 is 1.94 bits per heavy atom. The summed E-state index contributed by atoms with van der Waals surface area (Å²) < 4.78 is 6.79. The molecule has 2 heterocycles. The molecule has 0 saturated heterocycles. The lowest BCUT2D eigenvalue weighted by atomic mass is 9.95. The van der Waals surface area contributed by atoms with Crippen molar-refractivity contribution in [2.75, 3.05) is 0 Å². The number of hydrogen-bond acceptors (Lipinski definition) is 4. The van der Waals surface area contributed by atoms with E-state index in [1.807, 2.05) is 55.5 Å². The summed E-state index contributed by atoms with van der Waals surface area (Å²) >= 11 is 0. The Hall–Kier alpha value is -3.91. The van der Waals surface area contributed by atoms with Crippen LogP contribution in [0.2, 0.25) is 0 Å². The van der Waals surface area contributed by atoms with Crippen LogP contribution in [0.5, 0.6) is 0 Å². The number of nitriles is 1. The number of furan rings is 1. The van der Waals surface area contributed by atoms with E-state index in [4.69, 9.17) is 9.40 Å². The zero-order valence-electron chi connectivity index (χ0n) is 18.3. The highest BCUT2D eigenvalue weighted by Crippen LogP contribution is 2.25. The Bertz CT molecular complexity index is 1310. The molecule has 2 aromatic heterocycles. The van der Waals surface area contributed by atoms with Crippen molar-refractivity contribution >= 4 is 0 Å². The average molecular weight is 424 g/mol. The van der Waals surface area contributed by atoms with E-state index in [0.29, 0.717) is 29.1 Å². The first kappa shape index (κ1) is 21.3. The second kappa shape index (κ2) is 9.49. The van der Waals surface area contributed by atoms with Gasteiger partial charge in [-0.3, -0.25) is 9.36 Å². The predicted molar refractivity (Wildman–Crippen MR) is 125 cm³/mol. The molecule has 0 saturated carbocycles. The molecular weight excluding hydrogens is 398 g/mol. The molecule has 0 N–H and O–H groups in total. The summed E-state index contributed by atoms with van der Waals surface area (Å²) in [6.07, 6.45) is 6.26. The smallest absolute Gasteiger partial charge is 0.261 e. The Labute approximate surface area is 187 Å². The van der Waals surface area contributed by atoms with Crippen molar-refractivity contribution in [3.8, 4) is 22.9 Å². The van der Waals surface area contributed by atoms with Crippen molar-refractivity contribution in [2.24, 2.45) is 0 Å². The van der Waals surface area contributed by atoms with Gasteiger partial charge in [-0.2, -0.15) is 5.26 Å². The fourth-order valence-electron chi connectivity index (χ4n) is 4.00. The van der Waals surface area contributed by atoms with Crippen molar-refractivity contribution < 1.29 is 4.42 Å². The van der Waals surface area contributed by atoms with Gasteiger partial charge in [-0.15, -0.1) is 0 Å². The minimum absolute atomic E-state index is 0.0874. The molecule has 0 atom stereocenters. The van der Waals surface area contributed by atoms with Gasteiger partial charge in [0.05, 0.1) is 29.3 Å². The molecule has 0 fully saturated rings. The third-order valence-corrected chi connectivity index (χ3v) is 5.63. The van der Waals surface area contributed by atoms with Gasteiger partial charge >= 0.3 is 0 Å². The molecule has 0 aliphatic carbocycles. The predicted octanol–water partition coefficient (Wildman–Crippen LogP) is 5.61. The van der Waals surface area contributed by atoms with Crippen molar-refractivity contribution in [3.05, 3.63) is 106 Å². The van der Waals surface area contributed by atoms with Crippen LogP contribution in [-0.2, 0) is 12.8 Å². The first-order valence-corrected chi connectivity index (χ1v) is 10.8. The second-order valence-corrected chi connectivity index (χ2v) is 7.84. The largest absolute Gasteiger partial charge is 0.470 e. The number of benzene rings is 2. The van der Waals surface area contributed by atoms with Crippen molar-refractivity contribution in [3.63, 3.8) is 0 Å². The molecule has 0 unspecified atom stereocenters. The van der Waals surface area contributed by atoms with Crippen LogP contribution in [0.1, 0.15) is 48.0 Å². The summed E-state index contributed by atoms with van der Waals surface area (Å²) in [4.78, 5) is 18.3. The third-order valence-electron chi connectivity index (χ3n) is 5.63. The summed E-state index contributed by atoms with van der Waals surface area (Å²) in [5.74, 6) is 0.642. The highest BCUT2D eigenvalue weighted by molar-refractivity contribution is 5.71. The van der Waals surface area contributed by atoms with Crippen LogP contribution in [0.4, 0.5) is 0 Å². The normalized spacial score (nSPS) is 10.8. The fraction of sp³-hybridized carbons (Fsp3) is 0.222. The lowest BCUT2D eigenvalue weighted by Gasteiger charge is -2.15. The number of rotatable bonds is 7. The van der Waals surface area contributed by atoms with E-state index in [2.05, 4.69) is 13.0 Å². The quantitative estimate of drug-likeness (QED) is 0.387. The molecule has 4 rings (SSSR count). The first-order valence-electron chi connectivity index (χ1n) is 10.8. The van der Waals surface area contributed by atoms with E-state index < -0.39 is 0 Å². The highest BCUT2D eigenvalue weighted by Gasteiger charge is 2.17. The van der Waals surface area contributed by atoms with E-state index in [1.54, 1.807) is 23.2 Å². The van der Waals surface area contributed by atoms with Crippen LogP contribution >= 0.6 is 0 Å². The maximum absolute atomic E-state index is 13.5. The SMILES string of the molecule is CCCCc1nc(C)n(-c2ccoc2)c(=O)c1Cc1ccc(-c2ccccc2)c(C#N)c1. The van der Waals surface area contributed by atoms with E-state index in [0.717, 1.165) is 41.6 Å². The van der Waals surface area contributed by atoms with Gasteiger partial charge in [0.25, 0.3) is 5.56 Å². The van der Waals surface area contributed by atoms with Gasteiger partial charge in [0.15, 0.2) is 0 Å². The molecule has 0 radical (unpaired) electrons. The van der Waals surface area contributed by atoms with Crippen molar-refractivity contribution in [1.29, 1.82) is 5.26 Å². The molecule has 0 spiro atoms. The third kappa shape index (κ3) is 4.26. The zero-order chi connectivity index (χ0) is 22.5. The Morgan fingerprint density at radius 3 is 2.62 bits per heavy atom. The minimum atomic E-state index is -0.0874. The van der Waals surface area contributed by atoms with Crippen LogP contribution in [0, 0.1) is 18.3 Å². The molecule has 4 aromatic rings. The summed E-state index contributed by atoms with van der Waals surface area (Å²) in [7, 11) is 0. The molecule has 32 heavy (non-hydrogen) atoms. The molecule has 0 aliphatic heterocycles. The van der Waals surface area contributed by atoms with E-state index in [9.17, 15) is 10.1 Å².